The largest absolute Gasteiger partial charge is 0.290 e. The Hall–Kier alpha value is -1.88. The molecule has 1 aromatic carbocycles. The van der Waals surface area contributed by atoms with Crippen molar-refractivity contribution in [3.63, 3.8) is 0 Å². The van der Waals surface area contributed by atoms with Crippen LogP contribution in [0.5, 0.6) is 0 Å². The van der Waals surface area contributed by atoms with Crippen molar-refractivity contribution >= 4 is 0 Å². The highest BCUT2D eigenvalue weighted by molar-refractivity contribution is 5.20. The van der Waals surface area contributed by atoms with E-state index < -0.39 is 11.6 Å². The van der Waals surface area contributed by atoms with Gasteiger partial charge in [0.25, 0.3) is 0 Å². The van der Waals surface area contributed by atoms with Crippen molar-refractivity contribution in [1.29, 1.82) is 0 Å². The van der Waals surface area contributed by atoms with Gasteiger partial charge in [-0.25, -0.2) is 18.7 Å². The molecule has 1 aliphatic rings. The van der Waals surface area contributed by atoms with Crippen LogP contribution in [-0.4, -0.2) is 21.4 Å². The Kier molecular flexibility index (Phi) is 4.20. The molecule has 5 heteroatoms. The molecule has 0 radical (unpaired) electrons. The van der Waals surface area contributed by atoms with Crippen LogP contribution in [0.15, 0.2) is 36.8 Å². The third-order valence-corrected chi connectivity index (χ3v) is 3.98. The fourth-order valence-electron chi connectivity index (χ4n) is 2.90. The van der Waals surface area contributed by atoms with Crippen LogP contribution in [0.2, 0.25) is 0 Å². The van der Waals surface area contributed by atoms with Crippen LogP contribution >= 0.6 is 0 Å². The first kappa shape index (κ1) is 14.1. The van der Waals surface area contributed by atoms with Crippen molar-refractivity contribution < 1.29 is 8.78 Å². The second-order valence-corrected chi connectivity index (χ2v) is 5.32. The van der Waals surface area contributed by atoms with E-state index in [0.29, 0.717) is 0 Å². The summed E-state index contributed by atoms with van der Waals surface area (Å²) in [7, 11) is 0. The zero-order chi connectivity index (χ0) is 14.7. The van der Waals surface area contributed by atoms with E-state index in [1.54, 1.807) is 6.20 Å². The smallest absolute Gasteiger partial charge is 0.130 e. The highest BCUT2D eigenvalue weighted by atomic mass is 19.1. The van der Waals surface area contributed by atoms with Crippen LogP contribution < -0.4 is 0 Å². The van der Waals surface area contributed by atoms with E-state index in [1.165, 1.54) is 24.5 Å². The number of hydrogen-bond acceptors (Lipinski definition) is 3. The quantitative estimate of drug-likeness (QED) is 0.866. The first-order chi connectivity index (χ1) is 10.3. The number of hydrogen-bond donors (Lipinski definition) is 0. The predicted octanol–water partition coefficient (Wildman–Crippen LogP) is 3.48. The van der Waals surface area contributed by atoms with Gasteiger partial charge < -0.3 is 0 Å². The minimum absolute atomic E-state index is 0.0979. The number of likely N-dealkylation sites (tertiary alicyclic amines) is 1. The standard InChI is InChI=1S/C16H17F2N3/c17-13-4-3-5-14(18)12(13)10-21-9-2-1-6-16(21)15-7-8-19-11-20-15/h3-5,7-8,11,16H,1-2,6,9-10H2. The normalized spacial score (nSPS) is 19.6. The van der Waals surface area contributed by atoms with E-state index in [1.807, 2.05) is 6.07 Å². The van der Waals surface area contributed by atoms with Gasteiger partial charge in [-0.1, -0.05) is 12.5 Å². The van der Waals surface area contributed by atoms with Crippen LogP contribution in [0.4, 0.5) is 8.78 Å². The van der Waals surface area contributed by atoms with E-state index in [-0.39, 0.29) is 18.2 Å². The van der Waals surface area contributed by atoms with Gasteiger partial charge in [-0.15, -0.1) is 0 Å². The van der Waals surface area contributed by atoms with E-state index in [2.05, 4.69) is 14.9 Å². The van der Waals surface area contributed by atoms with Crippen molar-refractivity contribution in [2.45, 2.75) is 31.8 Å². The Morgan fingerprint density at radius 1 is 1.14 bits per heavy atom. The summed E-state index contributed by atoms with van der Waals surface area (Å²) in [4.78, 5) is 10.3. The Morgan fingerprint density at radius 3 is 2.67 bits per heavy atom. The molecule has 1 fully saturated rings. The highest BCUT2D eigenvalue weighted by Gasteiger charge is 2.26. The van der Waals surface area contributed by atoms with E-state index in [0.717, 1.165) is 31.5 Å². The van der Waals surface area contributed by atoms with E-state index in [4.69, 9.17) is 0 Å². The van der Waals surface area contributed by atoms with E-state index in [9.17, 15) is 8.78 Å². The molecule has 21 heavy (non-hydrogen) atoms. The SMILES string of the molecule is Fc1cccc(F)c1CN1CCCCC1c1ccncn1. The third kappa shape index (κ3) is 3.08. The minimum Gasteiger partial charge on any atom is -0.290 e. The fourth-order valence-corrected chi connectivity index (χ4v) is 2.90. The van der Waals surface area contributed by atoms with Gasteiger partial charge in [0.15, 0.2) is 0 Å². The molecule has 1 saturated heterocycles. The molecule has 0 bridgehead atoms. The molecular formula is C16H17F2N3. The number of rotatable bonds is 3. The lowest BCUT2D eigenvalue weighted by Gasteiger charge is -2.35. The second-order valence-electron chi connectivity index (χ2n) is 5.32. The summed E-state index contributed by atoms with van der Waals surface area (Å²) in [6.45, 7) is 1.09. The van der Waals surface area contributed by atoms with Crippen molar-refractivity contribution in [1.82, 2.24) is 14.9 Å². The Balaban J connectivity index is 1.85. The van der Waals surface area contributed by atoms with Crippen LogP contribution in [0.25, 0.3) is 0 Å². The molecule has 1 unspecified atom stereocenters. The number of benzene rings is 1. The highest BCUT2D eigenvalue weighted by Crippen LogP contribution is 2.31. The monoisotopic (exact) mass is 289 g/mol. The summed E-state index contributed by atoms with van der Waals surface area (Å²) in [5.41, 5.74) is 1.06. The zero-order valence-electron chi connectivity index (χ0n) is 11.7. The van der Waals surface area contributed by atoms with Crippen molar-refractivity contribution in [2.24, 2.45) is 0 Å². The molecule has 2 aromatic rings. The van der Waals surface area contributed by atoms with Gasteiger partial charge in [0.2, 0.25) is 0 Å². The second kappa shape index (κ2) is 6.26. The molecule has 0 amide bonds. The molecule has 0 N–H and O–H groups in total. The zero-order valence-corrected chi connectivity index (χ0v) is 11.7. The lowest BCUT2D eigenvalue weighted by Crippen LogP contribution is -2.34. The minimum atomic E-state index is -0.484. The molecule has 0 aliphatic carbocycles. The summed E-state index contributed by atoms with van der Waals surface area (Å²) in [5.74, 6) is -0.968. The van der Waals surface area contributed by atoms with Crippen LogP contribution in [0, 0.1) is 11.6 Å². The summed E-state index contributed by atoms with van der Waals surface area (Å²) >= 11 is 0. The Bertz CT molecular complexity index is 583. The average molecular weight is 289 g/mol. The Morgan fingerprint density at radius 2 is 1.95 bits per heavy atom. The van der Waals surface area contributed by atoms with Gasteiger partial charge >= 0.3 is 0 Å². The summed E-state index contributed by atoms with van der Waals surface area (Å²) in [6, 6.07) is 5.98. The number of aromatic nitrogens is 2. The first-order valence-corrected chi connectivity index (χ1v) is 7.18. The van der Waals surface area contributed by atoms with Crippen molar-refractivity contribution in [2.75, 3.05) is 6.54 Å². The molecular weight excluding hydrogens is 272 g/mol. The van der Waals surface area contributed by atoms with Crippen LogP contribution in [-0.2, 0) is 6.54 Å². The van der Waals surface area contributed by atoms with Crippen LogP contribution in [0.3, 0.4) is 0 Å². The molecule has 1 aromatic heterocycles. The fraction of sp³-hybridized carbons (Fsp3) is 0.375. The molecule has 110 valence electrons. The van der Waals surface area contributed by atoms with Gasteiger partial charge in [-0.3, -0.25) is 4.90 Å². The summed E-state index contributed by atoms with van der Waals surface area (Å²) in [5, 5.41) is 0. The van der Waals surface area contributed by atoms with Gasteiger partial charge in [-0.05, 0) is 37.6 Å². The molecule has 0 saturated carbocycles. The predicted molar refractivity (Wildman–Crippen MR) is 75.4 cm³/mol. The maximum atomic E-state index is 13.8. The summed E-state index contributed by atoms with van der Waals surface area (Å²) in [6.07, 6.45) is 6.32. The van der Waals surface area contributed by atoms with Crippen LogP contribution in [0.1, 0.15) is 36.6 Å². The molecule has 1 aliphatic heterocycles. The van der Waals surface area contributed by atoms with Crippen molar-refractivity contribution in [3.05, 3.63) is 59.7 Å². The third-order valence-electron chi connectivity index (χ3n) is 3.98. The molecule has 3 rings (SSSR count). The number of piperidine rings is 1. The maximum absolute atomic E-state index is 13.8. The van der Waals surface area contributed by atoms with Crippen molar-refractivity contribution in [3.8, 4) is 0 Å². The number of halogens is 2. The molecule has 2 heterocycles. The molecule has 1 atom stereocenters. The van der Waals surface area contributed by atoms with Gasteiger partial charge in [0.1, 0.15) is 18.0 Å². The lowest BCUT2D eigenvalue weighted by atomic mass is 9.98. The molecule has 3 nitrogen and oxygen atoms in total. The van der Waals surface area contributed by atoms with Gasteiger partial charge in [0, 0.05) is 18.3 Å². The van der Waals surface area contributed by atoms with E-state index >= 15 is 0 Å². The lowest BCUT2D eigenvalue weighted by molar-refractivity contribution is 0.133. The van der Waals surface area contributed by atoms with Gasteiger partial charge in [0.05, 0.1) is 11.7 Å². The first-order valence-electron chi connectivity index (χ1n) is 7.18. The summed E-state index contributed by atoms with van der Waals surface area (Å²) < 4.78 is 27.7. The topological polar surface area (TPSA) is 29.0 Å². The molecule has 0 spiro atoms. The average Bonchev–Trinajstić information content (AvgIpc) is 2.52. The number of nitrogens with zero attached hydrogens (tertiary/aromatic N) is 3. The maximum Gasteiger partial charge on any atom is 0.130 e. The Labute approximate surface area is 122 Å². The van der Waals surface area contributed by atoms with Gasteiger partial charge in [-0.2, -0.15) is 0 Å².